The fourth-order valence-corrected chi connectivity index (χ4v) is 2.28. The van der Waals surface area contributed by atoms with Gasteiger partial charge in [-0.3, -0.25) is 20.4 Å². The molecule has 0 aromatic heterocycles. The van der Waals surface area contributed by atoms with Gasteiger partial charge in [0, 0.05) is 5.69 Å². The summed E-state index contributed by atoms with van der Waals surface area (Å²) in [6.45, 7) is 0.753. The third-order valence-corrected chi connectivity index (χ3v) is 3.48. The summed E-state index contributed by atoms with van der Waals surface area (Å²) in [7, 11) is 0. The molecule has 0 unspecified atom stereocenters. The second kappa shape index (κ2) is 8.80. The van der Waals surface area contributed by atoms with Crippen molar-refractivity contribution in [2.75, 3.05) is 11.9 Å². The van der Waals surface area contributed by atoms with E-state index in [1.165, 1.54) is 24.3 Å². The molecule has 0 fully saturated rings. The van der Waals surface area contributed by atoms with Crippen LogP contribution in [0, 0.1) is 13.8 Å². The first-order valence-electron chi connectivity index (χ1n) is 7.81. The van der Waals surface area contributed by atoms with Crippen molar-refractivity contribution >= 4 is 17.5 Å². The maximum atomic E-state index is 12.4. The van der Waals surface area contributed by atoms with E-state index in [0.29, 0.717) is 0 Å². The lowest BCUT2D eigenvalue weighted by molar-refractivity contribution is -0.120. The molecule has 138 valence electrons. The van der Waals surface area contributed by atoms with Crippen LogP contribution >= 0.6 is 0 Å². The molecular formula is C18H19F2N3O3. The Labute approximate surface area is 149 Å². The van der Waals surface area contributed by atoms with Crippen LogP contribution in [-0.4, -0.2) is 25.0 Å². The first-order chi connectivity index (χ1) is 12.4. The Hall–Kier alpha value is -3.16. The summed E-state index contributed by atoms with van der Waals surface area (Å²) in [6, 6.07) is 11.3. The number of hydrogen-bond acceptors (Lipinski definition) is 4. The number of ether oxygens (including phenoxy) is 1. The van der Waals surface area contributed by atoms with Gasteiger partial charge in [-0.1, -0.05) is 29.8 Å². The quantitative estimate of drug-likeness (QED) is 0.690. The van der Waals surface area contributed by atoms with Crippen molar-refractivity contribution in [3.05, 3.63) is 59.2 Å². The lowest BCUT2D eigenvalue weighted by Crippen LogP contribution is -2.44. The number of para-hydroxylation sites is 1. The van der Waals surface area contributed by atoms with Crippen molar-refractivity contribution < 1.29 is 23.1 Å². The Morgan fingerprint density at radius 2 is 1.81 bits per heavy atom. The standard InChI is InChI=1S/C18H19F2N3O3/c1-11-7-8-14(12(2)9-11)21-10-16(24)22-23-17(25)13-5-3-4-6-15(13)26-18(19)20/h3-9,18,21H,10H2,1-2H3,(H,22,24)(H,23,25). The van der Waals surface area contributed by atoms with Crippen molar-refractivity contribution in [2.45, 2.75) is 20.5 Å². The molecule has 0 heterocycles. The molecule has 0 saturated heterocycles. The van der Waals surface area contributed by atoms with Crippen LogP contribution in [0.5, 0.6) is 5.75 Å². The van der Waals surface area contributed by atoms with Crippen molar-refractivity contribution in [2.24, 2.45) is 0 Å². The van der Waals surface area contributed by atoms with E-state index < -0.39 is 18.4 Å². The molecular weight excluding hydrogens is 344 g/mol. The lowest BCUT2D eigenvalue weighted by atomic mass is 10.1. The number of rotatable bonds is 6. The van der Waals surface area contributed by atoms with E-state index >= 15 is 0 Å². The SMILES string of the molecule is Cc1ccc(NCC(=O)NNC(=O)c2ccccc2OC(F)F)c(C)c1. The predicted octanol–water partition coefficient (Wildman–Crippen LogP) is 2.78. The highest BCUT2D eigenvalue weighted by Gasteiger charge is 2.15. The number of anilines is 1. The van der Waals surface area contributed by atoms with E-state index in [1.54, 1.807) is 0 Å². The highest BCUT2D eigenvalue weighted by atomic mass is 19.3. The van der Waals surface area contributed by atoms with Crippen LogP contribution in [0.15, 0.2) is 42.5 Å². The van der Waals surface area contributed by atoms with Crippen molar-refractivity contribution in [1.29, 1.82) is 0 Å². The van der Waals surface area contributed by atoms with Gasteiger partial charge in [-0.2, -0.15) is 8.78 Å². The van der Waals surface area contributed by atoms with Gasteiger partial charge in [0.25, 0.3) is 11.8 Å². The molecule has 0 radical (unpaired) electrons. The summed E-state index contributed by atoms with van der Waals surface area (Å²) in [5.41, 5.74) is 7.16. The van der Waals surface area contributed by atoms with Crippen LogP contribution in [0.3, 0.4) is 0 Å². The zero-order valence-corrected chi connectivity index (χ0v) is 14.3. The Morgan fingerprint density at radius 1 is 1.08 bits per heavy atom. The summed E-state index contributed by atoms with van der Waals surface area (Å²) >= 11 is 0. The third-order valence-electron chi connectivity index (χ3n) is 3.48. The molecule has 0 aliphatic rings. The molecule has 0 bridgehead atoms. The van der Waals surface area contributed by atoms with Crippen molar-refractivity contribution in [3.63, 3.8) is 0 Å². The maximum Gasteiger partial charge on any atom is 0.387 e. The second-order valence-corrected chi connectivity index (χ2v) is 5.55. The highest BCUT2D eigenvalue weighted by molar-refractivity contribution is 5.98. The van der Waals surface area contributed by atoms with Gasteiger partial charge in [0.15, 0.2) is 0 Å². The molecule has 0 aliphatic carbocycles. The molecule has 2 aromatic rings. The number of benzene rings is 2. The van der Waals surface area contributed by atoms with Crippen molar-refractivity contribution in [3.8, 4) is 5.75 Å². The molecule has 26 heavy (non-hydrogen) atoms. The zero-order valence-electron chi connectivity index (χ0n) is 14.3. The van der Waals surface area contributed by atoms with Crippen LogP contribution < -0.4 is 20.9 Å². The van der Waals surface area contributed by atoms with Crippen LogP contribution in [0.2, 0.25) is 0 Å². The zero-order chi connectivity index (χ0) is 19.1. The van der Waals surface area contributed by atoms with Gasteiger partial charge in [0.1, 0.15) is 5.75 Å². The van der Waals surface area contributed by atoms with E-state index in [2.05, 4.69) is 20.9 Å². The lowest BCUT2D eigenvalue weighted by Gasteiger charge is -2.13. The number of halogens is 2. The summed E-state index contributed by atoms with van der Waals surface area (Å²) in [5.74, 6) is -1.53. The molecule has 2 rings (SSSR count). The first-order valence-corrected chi connectivity index (χ1v) is 7.81. The summed E-state index contributed by atoms with van der Waals surface area (Å²) in [4.78, 5) is 23.9. The third kappa shape index (κ3) is 5.44. The molecule has 8 heteroatoms. The van der Waals surface area contributed by atoms with Gasteiger partial charge < -0.3 is 10.1 Å². The molecule has 3 N–H and O–H groups in total. The number of hydrogen-bond donors (Lipinski definition) is 3. The molecule has 0 spiro atoms. The summed E-state index contributed by atoms with van der Waals surface area (Å²) < 4.78 is 29.0. The second-order valence-electron chi connectivity index (χ2n) is 5.55. The molecule has 6 nitrogen and oxygen atoms in total. The van der Waals surface area contributed by atoms with Crippen molar-refractivity contribution in [1.82, 2.24) is 10.9 Å². The Balaban J connectivity index is 1.88. The number of amides is 2. The van der Waals surface area contributed by atoms with Gasteiger partial charge in [-0.15, -0.1) is 0 Å². The molecule has 2 aromatic carbocycles. The monoisotopic (exact) mass is 363 g/mol. The summed E-state index contributed by atoms with van der Waals surface area (Å²) in [5, 5.41) is 2.95. The van der Waals surface area contributed by atoms with E-state index in [9.17, 15) is 18.4 Å². The molecule has 0 saturated carbocycles. The Morgan fingerprint density at radius 3 is 2.50 bits per heavy atom. The number of nitrogens with one attached hydrogen (secondary N) is 3. The number of aryl methyl sites for hydroxylation is 2. The number of hydrazine groups is 1. The number of carbonyl (C=O) groups is 2. The predicted molar refractivity (Wildman–Crippen MR) is 93.1 cm³/mol. The molecule has 0 aliphatic heterocycles. The normalized spacial score (nSPS) is 10.3. The number of carbonyl (C=O) groups excluding carboxylic acids is 2. The summed E-state index contributed by atoms with van der Waals surface area (Å²) in [6.07, 6.45) is 0. The largest absolute Gasteiger partial charge is 0.434 e. The van der Waals surface area contributed by atoms with E-state index in [4.69, 9.17) is 0 Å². The molecule has 2 amide bonds. The Kier molecular flexibility index (Phi) is 6.48. The number of alkyl halides is 2. The van der Waals surface area contributed by atoms with Crippen LogP contribution in [0.1, 0.15) is 21.5 Å². The van der Waals surface area contributed by atoms with Gasteiger partial charge in [-0.05, 0) is 37.6 Å². The van der Waals surface area contributed by atoms with Gasteiger partial charge in [-0.25, -0.2) is 0 Å². The van der Waals surface area contributed by atoms with E-state index in [0.717, 1.165) is 16.8 Å². The Bertz CT molecular complexity index is 797. The minimum absolute atomic E-state index is 0.0701. The van der Waals surface area contributed by atoms with Crippen LogP contribution in [0.4, 0.5) is 14.5 Å². The fraction of sp³-hybridized carbons (Fsp3) is 0.222. The highest BCUT2D eigenvalue weighted by Crippen LogP contribution is 2.20. The average Bonchev–Trinajstić information content (AvgIpc) is 2.59. The van der Waals surface area contributed by atoms with Gasteiger partial charge >= 0.3 is 6.61 Å². The van der Waals surface area contributed by atoms with Gasteiger partial charge in [0.05, 0.1) is 12.1 Å². The smallest absolute Gasteiger partial charge is 0.387 e. The van der Waals surface area contributed by atoms with Gasteiger partial charge in [0.2, 0.25) is 0 Å². The first kappa shape index (κ1) is 19.2. The average molecular weight is 363 g/mol. The molecule has 0 atom stereocenters. The van der Waals surface area contributed by atoms with E-state index in [1.807, 2.05) is 32.0 Å². The topological polar surface area (TPSA) is 79.5 Å². The minimum atomic E-state index is -3.06. The fourth-order valence-electron chi connectivity index (χ4n) is 2.28. The van der Waals surface area contributed by atoms with Crippen LogP contribution in [0.25, 0.3) is 0 Å². The van der Waals surface area contributed by atoms with Crippen LogP contribution in [-0.2, 0) is 4.79 Å². The maximum absolute atomic E-state index is 12.4. The minimum Gasteiger partial charge on any atom is -0.434 e. The van der Waals surface area contributed by atoms with E-state index in [-0.39, 0.29) is 17.9 Å².